The number of likely N-dealkylation sites (tertiary alicyclic amines) is 1. The Bertz CT molecular complexity index is 1010. The molecule has 1 fully saturated rings. The average Bonchev–Trinajstić information content (AvgIpc) is 3.39. The topological polar surface area (TPSA) is 51.0 Å². The number of aromatic nitrogens is 3. The van der Waals surface area contributed by atoms with Gasteiger partial charge in [-0.3, -0.25) is 4.79 Å². The van der Waals surface area contributed by atoms with Gasteiger partial charge in [0.1, 0.15) is 16.2 Å². The first-order valence-corrected chi connectivity index (χ1v) is 9.97. The van der Waals surface area contributed by atoms with E-state index in [1.165, 1.54) is 6.07 Å². The Morgan fingerprint density at radius 1 is 1.32 bits per heavy atom. The van der Waals surface area contributed by atoms with Crippen LogP contribution in [0.3, 0.4) is 0 Å². The maximum atomic E-state index is 12.8. The Labute approximate surface area is 163 Å². The van der Waals surface area contributed by atoms with Crippen molar-refractivity contribution >= 4 is 28.4 Å². The highest BCUT2D eigenvalue weighted by Gasteiger charge is 2.35. The predicted octanol–water partition coefficient (Wildman–Crippen LogP) is 4.55. The minimum atomic E-state index is -4.42. The van der Waals surface area contributed by atoms with Gasteiger partial charge in [0.05, 0.1) is 4.88 Å². The van der Waals surface area contributed by atoms with Gasteiger partial charge in [-0.05, 0) is 37.1 Å². The molecule has 0 spiro atoms. The monoisotopic (exact) mass is 408 g/mol. The van der Waals surface area contributed by atoms with Gasteiger partial charge in [-0.15, -0.1) is 11.3 Å². The third-order valence-electron chi connectivity index (χ3n) is 4.92. The molecule has 3 aromatic rings. The van der Waals surface area contributed by atoms with Gasteiger partial charge in [-0.2, -0.15) is 13.2 Å². The zero-order chi connectivity index (χ0) is 19.9. The fraction of sp³-hybridized carbons (Fsp3) is 0.421. The quantitative estimate of drug-likeness (QED) is 0.636. The number of nitrogens with zero attached hydrogens (tertiary/aromatic N) is 4. The van der Waals surface area contributed by atoms with Gasteiger partial charge in [0.15, 0.2) is 5.65 Å². The van der Waals surface area contributed by atoms with E-state index in [1.807, 2.05) is 12.1 Å². The summed E-state index contributed by atoms with van der Waals surface area (Å²) in [5, 5.41) is 0. The van der Waals surface area contributed by atoms with Crippen LogP contribution in [0.2, 0.25) is 0 Å². The number of imidazole rings is 1. The fourth-order valence-electron chi connectivity index (χ4n) is 3.65. The average molecular weight is 408 g/mol. The number of thiophene rings is 1. The van der Waals surface area contributed by atoms with Crippen LogP contribution in [0, 0.1) is 0 Å². The Hall–Kier alpha value is -2.42. The summed E-state index contributed by atoms with van der Waals surface area (Å²) < 4.78 is 40.5. The zero-order valence-electron chi connectivity index (χ0n) is 15.2. The molecule has 9 heteroatoms. The highest BCUT2D eigenvalue weighted by atomic mass is 32.1. The summed E-state index contributed by atoms with van der Waals surface area (Å²) in [6, 6.07) is 5.99. The number of carbonyl (C=O) groups excluding carboxylic acids is 1. The highest BCUT2D eigenvalue weighted by molar-refractivity contribution is 7.14. The summed E-state index contributed by atoms with van der Waals surface area (Å²) in [5.41, 5.74) is 1.65. The molecule has 1 unspecified atom stereocenters. The number of rotatable bonds is 4. The van der Waals surface area contributed by atoms with E-state index < -0.39 is 11.1 Å². The lowest BCUT2D eigenvalue weighted by molar-refractivity contribution is -0.134. The number of hydrogen-bond acceptors (Lipinski definition) is 4. The molecule has 148 valence electrons. The summed E-state index contributed by atoms with van der Waals surface area (Å²) in [7, 11) is 0. The van der Waals surface area contributed by atoms with E-state index >= 15 is 0 Å². The Morgan fingerprint density at radius 3 is 2.86 bits per heavy atom. The predicted molar refractivity (Wildman–Crippen MR) is 100 cm³/mol. The van der Waals surface area contributed by atoms with Gasteiger partial charge in [0, 0.05) is 31.7 Å². The van der Waals surface area contributed by atoms with Crippen molar-refractivity contribution < 1.29 is 18.0 Å². The highest BCUT2D eigenvalue weighted by Crippen LogP contribution is 2.36. The summed E-state index contributed by atoms with van der Waals surface area (Å²) in [6.07, 6.45) is -1.02. The lowest BCUT2D eigenvalue weighted by atomic mass is 10.1. The van der Waals surface area contributed by atoms with E-state index in [2.05, 4.69) is 16.5 Å². The SMILES string of the molecule is CCCn1c(C2CCN(C(=O)c3ccc(C(F)(F)F)s3)C2)nc2cccnc21. The maximum Gasteiger partial charge on any atom is 0.425 e. The number of alkyl halides is 3. The zero-order valence-corrected chi connectivity index (χ0v) is 16.1. The molecule has 1 atom stereocenters. The van der Waals surface area contributed by atoms with Gasteiger partial charge < -0.3 is 9.47 Å². The normalized spacial score (nSPS) is 17.6. The minimum absolute atomic E-state index is 0.0479. The molecule has 1 aliphatic heterocycles. The number of fused-ring (bicyclic) bond motifs is 1. The number of halogens is 3. The largest absolute Gasteiger partial charge is 0.425 e. The molecule has 3 aromatic heterocycles. The van der Waals surface area contributed by atoms with Gasteiger partial charge in [0.25, 0.3) is 5.91 Å². The molecule has 4 heterocycles. The molecule has 1 saturated heterocycles. The first-order valence-electron chi connectivity index (χ1n) is 9.16. The van der Waals surface area contributed by atoms with Crippen molar-refractivity contribution in [1.82, 2.24) is 19.4 Å². The van der Waals surface area contributed by atoms with Gasteiger partial charge in [-0.1, -0.05) is 6.92 Å². The molecular formula is C19H19F3N4OS. The van der Waals surface area contributed by atoms with E-state index in [4.69, 9.17) is 4.98 Å². The van der Waals surface area contributed by atoms with Crippen LogP contribution < -0.4 is 0 Å². The Balaban J connectivity index is 1.56. The lowest BCUT2D eigenvalue weighted by Gasteiger charge is -2.16. The second-order valence-electron chi connectivity index (χ2n) is 6.87. The van der Waals surface area contributed by atoms with Crippen molar-refractivity contribution in [3.8, 4) is 0 Å². The molecule has 0 bridgehead atoms. The van der Waals surface area contributed by atoms with Crippen LogP contribution in [0.4, 0.5) is 13.2 Å². The van der Waals surface area contributed by atoms with Crippen LogP contribution in [0.5, 0.6) is 0 Å². The number of pyridine rings is 1. The maximum absolute atomic E-state index is 12.8. The number of carbonyl (C=O) groups is 1. The fourth-order valence-corrected chi connectivity index (χ4v) is 4.49. The molecule has 4 rings (SSSR count). The Morgan fingerprint density at radius 2 is 2.14 bits per heavy atom. The van der Waals surface area contributed by atoms with E-state index in [-0.39, 0.29) is 16.7 Å². The third-order valence-corrected chi connectivity index (χ3v) is 6.04. The van der Waals surface area contributed by atoms with Crippen LogP contribution in [-0.4, -0.2) is 38.4 Å². The van der Waals surface area contributed by atoms with E-state index in [1.54, 1.807) is 11.1 Å². The van der Waals surface area contributed by atoms with Gasteiger partial charge in [0.2, 0.25) is 0 Å². The van der Waals surface area contributed by atoms with Crippen LogP contribution in [0.1, 0.15) is 46.1 Å². The molecule has 0 aliphatic carbocycles. The molecule has 1 aliphatic rings. The molecule has 28 heavy (non-hydrogen) atoms. The van der Waals surface area contributed by atoms with Crippen molar-refractivity contribution in [2.45, 2.75) is 38.4 Å². The molecule has 0 radical (unpaired) electrons. The number of aryl methyl sites for hydroxylation is 1. The van der Waals surface area contributed by atoms with E-state index in [9.17, 15) is 18.0 Å². The van der Waals surface area contributed by atoms with Crippen LogP contribution in [0.15, 0.2) is 30.5 Å². The lowest BCUT2D eigenvalue weighted by Crippen LogP contribution is -2.28. The molecule has 0 aromatic carbocycles. The summed E-state index contributed by atoms with van der Waals surface area (Å²) >= 11 is 0.500. The van der Waals surface area contributed by atoms with Crippen molar-refractivity contribution in [3.63, 3.8) is 0 Å². The van der Waals surface area contributed by atoms with Crippen LogP contribution >= 0.6 is 11.3 Å². The number of hydrogen-bond donors (Lipinski definition) is 0. The van der Waals surface area contributed by atoms with E-state index in [0.717, 1.165) is 42.4 Å². The summed E-state index contributed by atoms with van der Waals surface area (Å²) in [6.45, 7) is 3.82. The van der Waals surface area contributed by atoms with Crippen molar-refractivity contribution in [1.29, 1.82) is 0 Å². The smallest absolute Gasteiger partial charge is 0.337 e. The molecule has 5 nitrogen and oxygen atoms in total. The summed E-state index contributed by atoms with van der Waals surface area (Å²) in [4.78, 5) is 22.8. The van der Waals surface area contributed by atoms with Crippen molar-refractivity contribution in [3.05, 3.63) is 46.0 Å². The molecule has 1 amide bonds. The third kappa shape index (κ3) is 3.39. The van der Waals surface area contributed by atoms with Crippen molar-refractivity contribution in [2.24, 2.45) is 0 Å². The molecular weight excluding hydrogens is 389 g/mol. The second-order valence-corrected chi connectivity index (χ2v) is 7.95. The van der Waals surface area contributed by atoms with Gasteiger partial charge >= 0.3 is 6.18 Å². The molecule has 0 N–H and O–H groups in total. The standard InChI is InChI=1S/C19H19F3N4OS/c1-2-9-26-16(24-13-4-3-8-23-17(13)26)12-7-10-25(11-12)18(27)14-5-6-15(28-14)19(20,21)22/h3-6,8,12H,2,7,9-11H2,1H3. The van der Waals surface area contributed by atoms with Crippen LogP contribution in [-0.2, 0) is 12.7 Å². The van der Waals surface area contributed by atoms with Crippen molar-refractivity contribution in [2.75, 3.05) is 13.1 Å². The van der Waals surface area contributed by atoms with Crippen LogP contribution in [0.25, 0.3) is 11.2 Å². The number of amides is 1. The van der Waals surface area contributed by atoms with Gasteiger partial charge in [-0.25, -0.2) is 9.97 Å². The first-order chi connectivity index (χ1) is 13.4. The first kappa shape index (κ1) is 18.9. The summed E-state index contributed by atoms with van der Waals surface area (Å²) in [5.74, 6) is 0.596. The Kier molecular flexibility index (Phi) is 4.86. The molecule has 0 saturated carbocycles. The minimum Gasteiger partial charge on any atom is -0.337 e. The second kappa shape index (κ2) is 7.20. The van der Waals surface area contributed by atoms with E-state index in [0.29, 0.717) is 24.4 Å².